The Bertz CT molecular complexity index is 576. The molecule has 1 aromatic heterocycles. The van der Waals surface area contributed by atoms with Gasteiger partial charge in [-0.2, -0.15) is 4.37 Å². The van der Waals surface area contributed by atoms with Crippen LogP contribution in [0.25, 0.3) is 10.4 Å². The zero-order chi connectivity index (χ0) is 14.0. The molecule has 1 fully saturated rings. The molecule has 2 heterocycles. The molecule has 0 aromatic carbocycles. The summed E-state index contributed by atoms with van der Waals surface area (Å²) in [6.07, 6.45) is 0.341. The Labute approximate surface area is 114 Å². The molecule has 1 aromatic rings. The van der Waals surface area contributed by atoms with E-state index in [9.17, 15) is 9.59 Å². The van der Waals surface area contributed by atoms with E-state index in [1.807, 2.05) is 0 Å². The molecule has 0 spiro atoms. The van der Waals surface area contributed by atoms with E-state index in [0.29, 0.717) is 35.8 Å². The van der Waals surface area contributed by atoms with E-state index in [1.165, 1.54) is 6.92 Å². The number of aryl methyl sites for hydroxylation is 1. The van der Waals surface area contributed by atoms with E-state index in [2.05, 4.69) is 14.4 Å². The maximum Gasteiger partial charge on any atom is 0.228 e. The normalized spacial score (nSPS) is 18.5. The van der Waals surface area contributed by atoms with Crippen molar-refractivity contribution in [2.75, 3.05) is 18.0 Å². The largest absolute Gasteiger partial charge is 0.302 e. The molecule has 1 aliphatic heterocycles. The third-order valence-corrected chi connectivity index (χ3v) is 4.01. The first-order valence-corrected chi connectivity index (χ1v) is 6.60. The quantitative estimate of drug-likeness (QED) is 0.366. The summed E-state index contributed by atoms with van der Waals surface area (Å²) in [5, 5.41) is 4.11. The van der Waals surface area contributed by atoms with Crippen LogP contribution in [0.3, 0.4) is 0 Å². The van der Waals surface area contributed by atoms with Gasteiger partial charge in [0.05, 0.1) is 11.3 Å². The first kappa shape index (κ1) is 13.5. The summed E-state index contributed by atoms with van der Waals surface area (Å²) in [6, 6.07) is 0. The number of carbonyl (C=O) groups excluding carboxylic acids is 2. The van der Waals surface area contributed by atoms with Crippen molar-refractivity contribution in [2.45, 2.75) is 20.3 Å². The summed E-state index contributed by atoms with van der Waals surface area (Å²) in [4.78, 5) is 27.9. The maximum absolute atomic E-state index is 12.0. The zero-order valence-corrected chi connectivity index (χ0v) is 11.5. The highest BCUT2D eigenvalue weighted by molar-refractivity contribution is 7.11. The predicted octanol–water partition coefficient (Wildman–Crippen LogP) is 2.32. The van der Waals surface area contributed by atoms with Gasteiger partial charge >= 0.3 is 0 Å². The molecule has 100 valence electrons. The van der Waals surface area contributed by atoms with Crippen LogP contribution in [0.4, 0.5) is 5.00 Å². The van der Waals surface area contributed by atoms with Crippen molar-refractivity contribution in [3.05, 3.63) is 21.7 Å². The maximum atomic E-state index is 12.0. The lowest BCUT2D eigenvalue weighted by Crippen LogP contribution is -2.25. The second-order valence-electron chi connectivity index (χ2n) is 4.49. The number of aromatic nitrogens is 1. The number of Topliss-reactive ketones (excluding diaryl/α,β-unsaturated/α-hetero) is 1. The standard InChI is InChI=1S/C11H13N5O2S/c1-6-10(7(2)17)11(19-14-6)16-5-8(3-9(16)18)4-13-15-12/h8H,3-5H2,1-2H3. The van der Waals surface area contributed by atoms with Crippen molar-refractivity contribution in [3.8, 4) is 0 Å². The smallest absolute Gasteiger partial charge is 0.228 e. The van der Waals surface area contributed by atoms with E-state index in [0.717, 1.165) is 11.5 Å². The Kier molecular flexibility index (Phi) is 3.82. The van der Waals surface area contributed by atoms with Gasteiger partial charge in [0.1, 0.15) is 5.00 Å². The van der Waals surface area contributed by atoms with Crippen molar-refractivity contribution in [3.63, 3.8) is 0 Å². The van der Waals surface area contributed by atoms with Crippen LogP contribution in [-0.2, 0) is 4.79 Å². The lowest BCUT2D eigenvalue weighted by atomic mass is 10.1. The van der Waals surface area contributed by atoms with Gasteiger partial charge in [0.15, 0.2) is 5.78 Å². The van der Waals surface area contributed by atoms with Crippen LogP contribution in [0.5, 0.6) is 0 Å². The number of carbonyl (C=O) groups is 2. The molecule has 0 aliphatic carbocycles. The highest BCUT2D eigenvalue weighted by Crippen LogP contribution is 2.33. The minimum Gasteiger partial charge on any atom is -0.302 e. The summed E-state index contributed by atoms with van der Waals surface area (Å²) in [7, 11) is 0. The van der Waals surface area contributed by atoms with Gasteiger partial charge in [0.2, 0.25) is 5.91 Å². The van der Waals surface area contributed by atoms with Gasteiger partial charge in [-0.25, -0.2) is 0 Å². The number of nitrogens with zero attached hydrogens (tertiary/aromatic N) is 5. The number of azide groups is 1. The molecule has 1 unspecified atom stereocenters. The average Bonchev–Trinajstić information content (AvgIpc) is 2.89. The molecule has 0 N–H and O–H groups in total. The molecule has 0 radical (unpaired) electrons. The van der Waals surface area contributed by atoms with E-state index in [1.54, 1.807) is 11.8 Å². The molecular weight excluding hydrogens is 266 g/mol. The van der Waals surface area contributed by atoms with Gasteiger partial charge in [0, 0.05) is 24.4 Å². The number of rotatable bonds is 4. The topological polar surface area (TPSA) is 99.0 Å². The molecule has 1 amide bonds. The Morgan fingerprint density at radius 2 is 2.42 bits per heavy atom. The van der Waals surface area contributed by atoms with Crippen LogP contribution in [-0.4, -0.2) is 29.2 Å². The third kappa shape index (κ3) is 2.59. The van der Waals surface area contributed by atoms with Crippen molar-refractivity contribution in [2.24, 2.45) is 11.0 Å². The number of hydrogen-bond donors (Lipinski definition) is 0. The molecule has 0 saturated carbocycles. The first-order chi connectivity index (χ1) is 9.04. The third-order valence-electron chi connectivity index (χ3n) is 3.05. The highest BCUT2D eigenvalue weighted by atomic mass is 32.1. The lowest BCUT2D eigenvalue weighted by molar-refractivity contribution is -0.117. The van der Waals surface area contributed by atoms with Gasteiger partial charge in [-0.1, -0.05) is 5.11 Å². The van der Waals surface area contributed by atoms with Gasteiger partial charge < -0.3 is 4.90 Å². The molecule has 2 rings (SSSR count). The van der Waals surface area contributed by atoms with Crippen LogP contribution < -0.4 is 4.90 Å². The van der Waals surface area contributed by atoms with Crippen molar-refractivity contribution in [1.82, 2.24) is 4.37 Å². The van der Waals surface area contributed by atoms with Crippen LogP contribution >= 0.6 is 11.5 Å². The molecule has 1 saturated heterocycles. The summed E-state index contributed by atoms with van der Waals surface area (Å²) in [5.74, 6) is -0.137. The Morgan fingerprint density at radius 3 is 3.05 bits per heavy atom. The SMILES string of the molecule is CC(=O)c1c(C)nsc1N1CC(CN=[N+]=[N-])CC1=O. The molecule has 0 bridgehead atoms. The Morgan fingerprint density at radius 1 is 1.68 bits per heavy atom. The molecular formula is C11H13N5O2S. The number of hydrogen-bond acceptors (Lipinski definition) is 5. The second kappa shape index (κ2) is 5.38. The van der Waals surface area contributed by atoms with E-state index in [-0.39, 0.29) is 17.6 Å². The van der Waals surface area contributed by atoms with Gasteiger partial charge in [-0.05, 0) is 36.8 Å². The van der Waals surface area contributed by atoms with Crippen LogP contribution in [0.2, 0.25) is 0 Å². The van der Waals surface area contributed by atoms with E-state index in [4.69, 9.17) is 5.53 Å². The number of ketones is 1. The van der Waals surface area contributed by atoms with E-state index >= 15 is 0 Å². The fourth-order valence-electron chi connectivity index (χ4n) is 2.20. The summed E-state index contributed by atoms with van der Waals surface area (Å²) in [5.41, 5.74) is 9.47. The minimum atomic E-state index is -0.0902. The molecule has 7 nitrogen and oxygen atoms in total. The predicted molar refractivity (Wildman–Crippen MR) is 71.3 cm³/mol. The molecule has 19 heavy (non-hydrogen) atoms. The minimum absolute atomic E-state index is 0.00520. The average molecular weight is 279 g/mol. The Balaban J connectivity index is 2.25. The highest BCUT2D eigenvalue weighted by Gasteiger charge is 2.33. The van der Waals surface area contributed by atoms with Crippen molar-refractivity contribution in [1.29, 1.82) is 0 Å². The number of anilines is 1. The fraction of sp³-hybridized carbons (Fsp3) is 0.545. The summed E-state index contributed by atoms with van der Waals surface area (Å²) < 4.78 is 4.15. The zero-order valence-electron chi connectivity index (χ0n) is 10.7. The monoisotopic (exact) mass is 279 g/mol. The lowest BCUT2D eigenvalue weighted by Gasteiger charge is -2.15. The molecule has 8 heteroatoms. The van der Waals surface area contributed by atoms with Gasteiger partial charge in [0.25, 0.3) is 0 Å². The van der Waals surface area contributed by atoms with Gasteiger partial charge in [-0.15, -0.1) is 0 Å². The first-order valence-electron chi connectivity index (χ1n) is 5.83. The van der Waals surface area contributed by atoms with Crippen molar-refractivity contribution < 1.29 is 9.59 Å². The summed E-state index contributed by atoms with van der Waals surface area (Å²) in [6.45, 7) is 4.00. The van der Waals surface area contributed by atoms with Crippen LogP contribution in [0, 0.1) is 12.8 Å². The molecule has 1 atom stereocenters. The summed E-state index contributed by atoms with van der Waals surface area (Å²) >= 11 is 1.16. The van der Waals surface area contributed by atoms with E-state index < -0.39 is 0 Å². The van der Waals surface area contributed by atoms with Crippen LogP contribution in [0.1, 0.15) is 29.4 Å². The molecule has 1 aliphatic rings. The number of amides is 1. The van der Waals surface area contributed by atoms with Gasteiger partial charge in [-0.3, -0.25) is 9.59 Å². The van der Waals surface area contributed by atoms with Crippen molar-refractivity contribution >= 4 is 28.2 Å². The Hall–Kier alpha value is -1.92. The second-order valence-corrected chi connectivity index (χ2v) is 5.24. The van der Waals surface area contributed by atoms with Crippen LogP contribution in [0.15, 0.2) is 5.11 Å². The fourth-order valence-corrected chi connectivity index (χ4v) is 3.17.